The third-order valence-corrected chi connectivity index (χ3v) is 15.0. The van der Waals surface area contributed by atoms with Gasteiger partial charge in [0.25, 0.3) is 0 Å². The lowest BCUT2D eigenvalue weighted by atomic mass is 9.78. The highest BCUT2D eigenvalue weighted by Crippen LogP contribution is 2.55. The van der Waals surface area contributed by atoms with Crippen LogP contribution in [0.25, 0.3) is 49.2 Å². The van der Waals surface area contributed by atoms with Crippen molar-refractivity contribution in [1.29, 1.82) is 0 Å². The third kappa shape index (κ3) is 9.66. The van der Waals surface area contributed by atoms with Gasteiger partial charge < -0.3 is 54.5 Å². The summed E-state index contributed by atoms with van der Waals surface area (Å²) in [5, 5.41) is 50.1. The number of amides is 2. The fourth-order valence-corrected chi connectivity index (χ4v) is 11.5. The van der Waals surface area contributed by atoms with Gasteiger partial charge >= 0.3 is 0 Å². The number of aliphatic hydroxyl groups is 3. The van der Waals surface area contributed by atoms with Crippen molar-refractivity contribution in [2.45, 2.75) is 90.8 Å². The fourth-order valence-electron chi connectivity index (χ4n) is 11.5. The van der Waals surface area contributed by atoms with E-state index in [1.165, 1.54) is 20.1 Å². The number of phenols is 1. The Balaban J connectivity index is 1.25. The molecule has 1 aliphatic carbocycles. The molecular weight excluding hydrogens is 899 g/mol. The van der Waals surface area contributed by atoms with Crippen molar-refractivity contribution in [3.05, 3.63) is 66.0 Å². The van der Waals surface area contributed by atoms with Crippen LogP contribution in [0, 0.1) is 11.8 Å². The second-order valence-corrected chi connectivity index (χ2v) is 19.2. The number of hydrogen-bond acceptors (Lipinski definition) is 14. The summed E-state index contributed by atoms with van der Waals surface area (Å²) < 4.78 is 22.0. The third-order valence-electron chi connectivity index (χ3n) is 15.0. The molecule has 1 unspecified atom stereocenters. The van der Waals surface area contributed by atoms with E-state index in [2.05, 4.69) is 5.32 Å². The number of aromatic hydroxyl groups is 1. The van der Waals surface area contributed by atoms with Crippen molar-refractivity contribution in [2.75, 3.05) is 91.9 Å². The van der Waals surface area contributed by atoms with Gasteiger partial charge in [-0.3, -0.25) is 24.0 Å². The van der Waals surface area contributed by atoms with E-state index in [1.807, 2.05) is 22.8 Å². The molecule has 2 aliphatic heterocycles. The number of fused-ring (bicyclic) bond motifs is 1. The van der Waals surface area contributed by atoms with E-state index in [-0.39, 0.29) is 71.0 Å². The van der Waals surface area contributed by atoms with Gasteiger partial charge in [-0.1, -0.05) is 11.6 Å². The predicted octanol–water partition coefficient (Wildman–Crippen LogP) is 5.35. The van der Waals surface area contributed by atoms with E-state index in [9.17, 15) is 34.5 Å². The minimum atomic E-state index is -0.935. The van der Waals surface area contributed by atoms with Gasteiger partial charge in [0.15, 0.2) is 22.4 Å². The van der Waals surface area contributed by atoms with E-state index in [0.717, 1.165) is 25.7 Å². The molecule has 3 aliphatic rings. The Labute approximate surface area is 406 Å². The first-order valence-corrected chi connectivity index (χ1v) is 24.8. The molecule has 0 spiro atoms. The van der Waals surface area contributed by atoms with Gasteiger partial charge in [0.05, 0.1) is 76.3 Å². The fraction of sp³-hybridized carbons (Fsp3) is 0.537. The predicted molar refractivity (Wildman–Crippen MR) is 268 cm³/mol. The highest BCUT2D eigenvalue weighted by Gasteiger charge is 2.37. The number of rotatable bonds is 22. The van der Waals surface area contributed by atoms with Crippen LogP contribution in [0.3, 0.4) is 0 Å². The van der Waals surface area contributed by atoms with Crippen LogP contribution in [0.4, 0.5) is 5.69 Å². The van der Waals surface area contributed by atoms with Crippen LogP contribution in [0.5, 0.6) is 11.5 Å². The molecule has 16 nitrogen and oxygen atoms in total. The lowest BCUT2D eigenvalue weighted by molar-refractivity contribution is -0.134. The second kappa shape index (κ2) is 22.3. The molecule has 70 heavy (non-hydrogen) atoms. The summed E-state index contributed by atoms with van der Waals surface area (Å²) in [7, 11) is 2.99. The Morgan fingerprint density at radius 3 is 1.91 bits per heavy atom. The molecule has 0 aromatic heterocycles. The van der Waals surface area contributed by atoms with Crippen LogP contribution in [-0.4, -0.2) is 134 Å². The van der Waals surface area contributed by atoms with Crippen molar-refractivity contribution in [1.82, 2.24) is 9.80 Å². The van der Waals surface area contributed by atoms with Crippen LogP contribution in [0.15, 0.2) is 27.3 Å². The number of hydrogen-bond donors (Lipinski definition) is 5. The van der Waals surface area contributed by atoms with Gasteiger partial charge in [-0.15, -0.1) is 0 Å². The topological polar surface area (TPSA) is 222 Å². The summed E-state index contributed by atoms with van der Waals surface area (Å²) in [4.78, 5) is 73.7. The maximum Gasteiger partial charge on any atom is 0.224 e. The summed E-state index contributed by atoms with van der Waals surface area (Å²) >= 11 is 0. The highest BCUT2D eigenvalue weighted by molar-refractivity contribution is 6.39. The van der Waals surface area contributed by atoms with Crippen LogP contribution < -0.4 is 20.9 Å². The van der Waals surface area contributed by atoms with E-state index in [4.69, 9.17) is 24.1 Å². The maximum absolute atomic E-state index is 15.8. The summed E-state index contributed by atoms with van der Waals surface area (Å²) in [6.45, 7) is 7.00. The van der Waals surface area contributed by atoms with E-state index < -0.39 is 30.3 Å². The number of Topliss-reactive ketones (excluding diaryl/α,β-unsaturated/α-hetero) is 1. The number of nitrogens with zero attached hydrogens (tertiary/aromatic N) is 2. The molecule has 5 aromatic carbocycles. The van der Waals surface area contributed by atoms with Crippen LogP contribution in [0.1, 0.15) is 98.9 Å². The molecular formula is C54H67N3O13. The number of benzene rings is 5. The number of phenolic OH excluding ortho intramolecular Hbond substituents is 1. The number of allylic oxidation sites excluding steroid dienone is 1. The van der Waals surface area contributed by atoms with E-state index in [0.29, 0.717) is 156 Å². The molecule has 0 saturated carbocycles. The van der Waals surface area contributed by atoms with Gasteiger partial charge in [-0.2, -0.15) is 0 Å². The summed E-state index contributed by atoms with van der Waals surface area (Å²) in [6, 6.07) is 3.06. The normalized spacial score (nSPS) is 16.8. The zero-order valence-electron chi connectivity index (χ0n) is 40.9. The molecule has 8 rings (SSSR count). The van der Waals surface area contributed by atoms with Crippen molar-refractivity contribution in [2.24, 2.45) is 11.8 Å². The van der Waals surface area contributed by atoms with Crippen molar-refractivity contribution in [3.63, 3.8) is 0 Å². The number of carbonyl (C=O) groups excluding carboxylic acids is 3. The number of carbonyl (C=O) groups is 3. The average Bonchev–Trinajstić information content (AvgIpc) is 3.49. The summed E-state index contributed by atoms with van der Waals surface area (Å²) in [5.74, 6) is -1.22. The number of methoxy groups -OCH3 is 2. The first-order chi connectivity index (χ1) is 33.9. The van der Waals surface area contributed by atoms with E-state index >= 15 is 4.79 Å². The minimum Gasteiger partial charge on any atom is -0.504 e. The molecule has 2 heterocycles. The molecule has 5 aromatic rings. The average molecular weight is 966 g/mol. The van der Waals surface area contributed by atoms with Crippen molar-refractivity contribution < 1.29 is 53.8 Å². The number of aliphatic hydroxyl groups excluding tert-OH is 3. The van der Waals surface area contributed by atoms with Crippen LogP contribution in [-0.2, 0) is 48.2 Å². The van der Waals surface area contributed by atoms with Gasteiger partial charge in [0.2, 0.25) is 11.8 Å². The molecule has 1 atom stereocenters. The molecule has 2 amide bonds. The maximum atomic E-state index is 15.8. The van der Waals surface area contributed by atoms with E-state index in [1.54, 1.807) is 13.2 Å². The molecule has 5 N–H and O–H groups in total. The zero-order valence-corrected chi connectivity index (χ0v) is 40.9. The highest BCUT2D eigenvalue weighted by atomic mass is 16.5. The Morgan fingerprint density at radius 2 is 1.33 bits per heavy atom. The van der Waals surface area contributed by atoms with Gasteiger partial charge in [-0.05, 0) is 121 Å². The largest absolute Gasteiger partial charge is 0.504 e. The number of anilines is 1. The Kier molecular flexibility index (Phi) is 16.2. The monoisotopic (exact) mass is 965 g/mol. The summed E-state index contributed by atoms with van der Waals surface area (Å²) in [5.41, 5.74) is 2.55. The quantitative estimate of drug-likeness (QED) is 0.0336. The molecule has 376 valence electrons. The first-order valence-electron chi connectivity index (χ1n) is 24.8. The second-order valence-electron chi connectivity index (χ2n) is 19.2. The molecule has 0 radical (unpaired) electrons. The smallest absolute Gasteiger partial charge is 0.224 e. The van der Waals surface area contributed by atoms with Gasteiger partial charge in [-0.25, -0.2) is 0 Å². The Bertz CT molecular complexity index is 2900. The van der Waals surface area contributed by atoms with Crippen molar-refractivity contribution >= 4 is 72.5 Å². The number of nitrogens with one attached hydrogen (secondary N) is 1. The van der Waals surface area contributed by atoms with Gasteiger partial charge in [0, 0.05) is 80.6 Å². The van der Waals surface area contributed by atoms with Crippen molar-refractivity contribution in [3.8, 4) is 11.5 Å². The SMILES string of the molecule is COCCOCCC(=O)N1CCC(CCc2c3c4c5c(c(OC)c(O)c6c(=O)cc(CO)c(c7c(CO)cc(NCC8CCN(C(=O)CCOCCCO)CC8)c(c2=O)c74)c65)C(C(C)=O)C(C)=C3)CC1. The number of likely N-dealkylation sites (tertiary alicyclic amines) is 2. The minimum absolute atomic E-state index is 0.0177. The lowest BCUT2D eigenvalue weighted by Crippen LogP contribution is -2.40. The number of ether oxygens (including phenoxy) is 4. The Hall–Kier alpha value is -5.49. The number of ketones is 1. The lowest BCUT2D eigenvalue weighted by Gasteiger charge is -2.33. The van der Waals surface area contributed by atoms with Gasteiger partial charge in [0.1, 0.15) is 5.78 Å². The first kappa shape index (κ1) is 50.9. The summed E-state index contributed by atoms with van der Waals surface area (Å²) in [6.07, 6.45) is 6.94. The molecule has 16 heteroatoms. The molecule has 0 bridgehead atoms. The standard InChI is InChI=1S/C54H67N3O13/c1-30-24-37-36(7-6-32-8-14-56(15-9-32)41(64)13-21-70-23-22-67-3)52(65)46-38(55-27-33-10-16-57(17-11-33)40(63)12-20-69-19-5-18-58)25-34(28-59)43-44-35(29-60)26-39(62)47-49(44)50(45(37)48(43)46)51(42(30)31(2)61)54(68-4)53(47)66/h24-26,32-33,42,55,58-60,66H,5-23,27-29H2,1-4H3. The number of piperidine rings is 2. The van der Waals surface area contributed by atoms with Crippen LogP contribution >= 0.6 is 0 Å². The molecule has 2 fully saturated rings. The Morgan fingerprint density at radius 1 is 0.729 bits per heavy atom. The molecule has 2 saturated heterocycles. The van der Waals surface area contributed by atoms with Crippen LogP contribution in [0.2, 0.25) is 0 Å². The zero-order chi connectivity index (χ0) is 49.8.